The minimum absolute atomic E-state index is 0.0265. The first-order valence-electron chi connectivity index (χ1n) is 7.29. The molecule has 0 spiro atoms. The summed E-state index contributed by atoms with van der Waals surface area (Å²) < 4.78 is 0. The molecule has 2 unspecified atom stereocenters. The molecular formula is C16H20N2O2. The lowest BCUT2D eigenvalue weighted by Crippen LogP contribution is -2.61. The average molecular weight is 272 g/mol. The Balaban J connectivity index is 1.70. The first-order valence-corrected chi connectivity index (χ1v) is 7.29. The summed E-state index contributed by atoms with van der Waals surface area (Å²) in [6.07, 6.45) is 2.90. The van der Waals surface area contributed by atoms with Crippen molar-refractivity contribution in [3.05, 3.63) is 35.9 Å². The third kappa shape index (κ3) is 2.69. The van der Waals surface area contributed by atoms with Gasteiger partial charge >= 0.3 is 0 Å². The van der Waals surface area contributed by atoms with Crippen LogP contribution in [0.25, 0.3) is 0 Å². The number of nitrogens with zero attached hydrogens (tertiary/aromatic N) is 1. The number of rotatable bonds is 4. The van der Waals surface area contributed by atoms with Gasteiger partial charge in [-0.3, -0.25) is 9.59 Å². The van der Waals surface area contributed by atoms with Gasteiger partial charge in [-0.2, -0.15) is 0 Å². The molecule has 1 aliphatic carbocycles. The zero-order valence-corrected chi connectivity index (χ0v) is 11.7. The van der Waals surface area contributed by atoms with E-state index in [2.05, 4.69) is 17.4 Å². The fourth-order valence-electron chi connectivity index (χ4n) is 2.88. The van der Waals surface area contributed by atoms with E-state index in [1.807, 2.05) is 25.1 Å². The summed E-state index contributed by atoms with van der Waals surface area (Å²) in [4.78, 5) is 26.1. The lowest BCUT2D eigenvalue weighted by atomic mass is 10.0. The van der Waals surface area contributed by atoms with Crippen LogP contribution in [0.4, 0.5) is 0 Å². The van der Waals surface area contributed by atoms with E-state index < -0.39 is 0 Å². The molecular weight excluding hydrogens is 252 g/mol. The van der Waals surface area contributed by atoms with Gasteiger partial charge in [-0.15, -0.1) is 0 Å². The van der Waals surface area contributed by atoms with Crippen LogP contribution in [0.1, 0.15) is 25.3 Å². The van der Waals surface area contributed by atoms with Gasteiger partial charge in [0.05, 0.1) is 6.54 Å². The number of hydrogen-bond donors (Lipinski definition) is 1. The van der Waals surface area contributed by atoms with Crippen LogP contribution < -0.4 is 5.32 Å². The van der Waals surface area contributed by atoms with Crippen LogP contribution >= 0.6 is 0 Å². The van der Waals surface area contributed by atoms with Crippen LogP contribution in [0.5, 0.6) is 0 Å². The zero-order valence-electron chi connectivity index (χ0n) is 11.7. The molecule has 2 fully saturated rings. The Morgan fingerprint density at radius 2 is 1.95 bits per heavy atom. The lowest BCUT2D eigenvalue weighted by molar-refractivity contribution is -0.146. The highest BCUT2D eigenvalue weighted by Crippen LogP contribution is 2.34. The van der Waals surface area contributed by atoms with E-state index in [0.29, 0.717) is 5.92 Å². The molecule has 106 valence electrons. The Labute approximate surface area is 119 Å². The van der Waals surface area contributed by atoms with Gasteiger partial charge in [-0.25, -0.2) is 0 Å². The molecule has 1 aromatic carbocycles. The quantitative estimate of drug-likeness (QED) is 0.899. The van der Waals surface area contributed by atoms with Crippen LogP contribution in [0.3, 0.4) is 0 Å². The van der Waals surface area contributed by atoms with E-state index >= 15 is 0 Å². The Hall–Kier alpha value is -1.84. The predicted octanol–water partition coefficient (Wildman–Crippen LogP) is 1.35. The van der Waals surface area contributed by atoms with Crippen LogP contribution in [0.2, 0.25) is 0 Å². The van der Waals surface area contributed by atoms with E-state index in [4.69, 9.17) is 0 Å². The molecule has 1 saturated carbocycles. The van der Waals surface area contributed by atoms with Gasteiger partial charge in [0.15, 0.2) is 0 Å². The highest BCUT2D eigenvalue weighted by Gasteiger charge is 2.43. The van der Waals surface area contributed by atoms with Gasteiger partial charge in [0.2, 0.25) is 11.8 Å². The number of nitrogens with one attached hydrogen (secondary N) is 1. The summed E-state index contributed by atoms with van der Waals surface area (Å²) in [6, 6.07) is 9.87. The molecule has 20 heavy (non-hydrogen) atoms. The molecule has 2 amide bonds. The number of amides is 2. The van der Waals surface area contributed by atoms with Crippen LogP contribution in [0, 0.1) is 5.92 Å². The average Bonchev–Trinajstić information content (AvgIpc) is 3.26. The Bertz CT molecular complexity index is 510. The number of piperazine rings is 1. The van der Waals surface area contributed by atoms with Crippen molar-refractivity contribution in [3.63, 3.8) is 0 Å². The first kappa shape index (κ1) is 13.2. The molecule has 0 aromatic heterocycles. The predicted molar refractivity (Wildman–Crippen MR) is 76.0 cm³/mol. The minimum Gasteiger partial charge on any atom is -0.342 e. The standard InChI is InChI=1S/C16H20N2O2/c1-11(9-12-5-3-2-4-6-12)18-10-14(19)17-15(16(18)20)13-7-8-13/h2-6,11,13,15H,7-10H2,1H3,(H,17,19). The molecule has 1 aromatic rings. The molecule has 0 bridgehead atoms. The highest BCUT2D eigenvalue weighted by atomic mass is 16.2. The monoisotopic (exact) mass is 272 g/mol. The Kier molecular flexibility index (Phi) is 3.47. The Morgan fingerprint density at radius 1 is 1.25 bits per heavy atom. The number of benzene rings is 1. The summed E-state index contributed by atoms with van der Waals surface area (Å²) in [5.41, 5.74) is 1.20. The lowest BCUT2D eigenvalue weighted by Gasteiger charge is -2.36. The minimum atomic E-state index is -0.283. The van der Waals surface area contributed by atoms with Gasteiger partial charge in [-0.05, 0) is 37.7 Å². The van der Waals surface area contributed by atoms with Crippen molar-refractivity contribution in [2.75, 3.05) is 6.54 Å². The summed E-state index contributed by atoms with van der Waals surface area (Å²) in [5.74, 6) is 0.426. The molecule has 1 aliphatic heterocycles. The summed E-state index contributed by atoms with van der Waals surface area (Å²) in [5, 5.41) is 2.85. The zero-order chi connectivity index (χ0) is 14.1. The molecule has 4 nitrogen and oxygen atoms in total. The highest BCUT2D eigenvalue weighted by molar-refractivity contribution is 5.95. The summed E-state index contributed by atoms with van der Waals surface area (Å²) in [6.45, 7) is 2.21. The fraction of sp³-hybridized carbons (Fsp3) is 0.500. The van der Waals surface area contributed by atoms with Crippen LogP contribution in [-0.4, -0.2) is 35.3 Å². The van der Waals surface area contributed by atoms with E-state index in [9.17, 15) is 9.59 Å². The molecule has 2 atom stereocenters. The van der Waals surface area contributed by atoms with Gasteiger partial charge in [0.25, 0.3) is 0 Å². The normalized spacial score (nSPS) is 24.4. The number of carbonyl (C=O) groups is 2. The van der Waals surface area contributed by atoms with Crippen molar-refractivity contribution >= 4 is 11.8 Å². The molecule has 3 rings (SSSR count). The molecule has 0 radical (unpaired) electrons. The van der Waals surface area contributed by atoms with Crippen molar-refractivity contribution in [3.8, 4) is 0 Å². The van der Waals surface area contributed by atoms with Crippen molar-refractivity contribution in [2.45, 2.75) is 38.3 Å². The second-order valence-electron chi connectivity index (χ2n) is 5.89. The van der Waals surface area contributed by atoms with Crippen molar-refractivity contribution in [1.29, 1.82) is 0 Å². The molecule has 1 saturated heterocycles. The van der Waals surface area contributed by atoms with Gasteiger partial charge in [-0.1, -0.05) is 30.3 Å². The summed E-state index contributed by atoms with van der Waals surface area (Å²) >= 11 is 0. The topological polar surface area (TPSA) is 49.4 Å². The molecule has 4 heteroatoms. The number of carbonyl (C=O) groups excluding carboxylic acids is 2. The second-order valence-corrected chi connectivity index (χ2v) is 5.89. The maximum atomic E-state index is 12.5. The SMILES string of the molecule is CC(Cc1ccccc1)N1CC(=O)NC(C2CC2)C1=O. The largest absolute Gasteiger partial charge is 0.342 e. The maximum absolute atomic E-state index is 12.5. The van der Waals surface area contributed by atoms with Gasteiger partial charge in [0, 0.05) is 6.04 Å². The van der Waals surface area contributed by atoms with Crippen molar-refractivity contribution in [2.24, 2.45) is 5.92 Å². The van der Waals surface area contributed by atoms with Gasteiger partial charge < -0.3 is 10.2 Å². The molecule has 2 aliphatic rings. The smallest absolute Gasteiger partial charge is 0.246 e. The van der Waals surface area contributed by atoms with Crippen LogP contribution in [0.15, 0.2) is 30.3 Å². The maximum Gasteiger partial charge on any atom is 0.246 e. The van der Waals surface area contributed by atoms with E-state index in [1.165, 1.54) is 5.56 Å². The fourth-order valence-corrected chi connectivity index (χ4v) is 2.88. The number of hydrogen-bond acceptors (Lipinski definition) is 2. The van der Waals surface area contributed by atoms with Crippen molar-refractivity contribution < 1.29 is 9.59 Å². The van der Waals surface area contributed by atoms with E-state index in [1.54, 1.807) is 4.90 Å². The molecule has 1 heterocycles. The van der Waals surface area contributed by atoms with Crippen LogP contribution in [-0.2, 0) is 16.0 Å². The van der Waals surface area contributed by atoms with E-state index in [-0.39, 0.29) is 30.4 Å². The van der Waals surface area contributed by atoms with Crippen molar-refractivity contribution in [1.82, 2.24) is 10.2 Å². The Morgan fingerprint density at radius 3 is 2.60 bits per heavy atom. The van der Waals surface area contributed by atoms with E-state index in [0.717, 1.165) is 19.3 Å². The van der Waals surface area contributed by atoms with Gasteiger partial charge in [0.1, 0.15) is 6.04 Å². The first-order chi connectivity index (χ1) is 9.65. The molecule has 1 N–H and O–H groups in total. The summed E-state index contributed by atoms with van der Waals surface area (Å²) in [7, 11) is 0. The third-order valence-corrected chi connectivity index (χ3v) is 4.18. The third-order valence-electron chi connectivity index (χ3n) is 4.18. The second kappa shape index (κ2) is 5.27.